The van der Waals surface area contributed by atoms with Crippen molar-refractivity contribution in [2.24, 2.45) is 0 Å². The van der Waals surface area contributed by atoms with Crippen LogP contribution < -0.4 is 9.47 Å². The Balaban J connectivity index is 1.49. The van der Waals surface area contributed by atoms with Crippen molar-refractivity contribution in [2.45, 2.75) is 90.6 Å². The lowest BCUT2D eigenvalue weighted by Gasteiger charge is -2.18. The number of esters is 2. The van der Waals surface area contributed by atoms with Crippen LogP contribution in [0.2, 0.25) is 0 Å². The molecule has 5 nitrogen and oxygen atoms in total. The van der Waals surface area contributed by atoms with Crippen molar-refractivity contribution >= 4 is 11.9 Å². The van der Waals surface area contributed by atoms with Crippen LogP contribution in [0.25, 0.3) is 11.1 Å². The highest BCUT2D eigenvalue weighted by atomic mass is 19.3. The molecule has 0 aliphatic carbocycles. The van der Waals surface area contributed by atoms with Crippen LogP contribution in [0.3, 0.4) is 0 Å². The van der Waals surface area contributed by atoms with E-state index in [4.69, 9.17) is 14.2 Å². The second kappa shape index (κ2) is 17.4. The van der Waals surface area contributed by atoms with Gasteiger partial charge in [0.1, 0.15) is 11.5 Å². The van der Waals surface area contributed by atoms with Gasteiger partial charge in [-0.05, 0) is 73.4 Å². The molecule has 0 aliphatic heterocycles. The zero-order chi connectivity index (χ0) is 30.3. The van der Waals surface area contributed by atoms with Crippen LogP contribution in [-0.2, 0) is 9.53 Å². The lowest BCUT2D eigenvalue weighted by molar-refractivity contribution is -0.134. The first kappa shape index (κ1) is 32.9. The second-order valence-electron chi connectivity index (χ2n) is 10.7. The van der Waals surface area contributed by atoms with Crippen LogP contribution in [0, 0.1) is 0 Å². The van der Waals surface area contributed by atoms with Crippen molar-refractivity contribution in [1.82, 2.24) is 0 Å². The molecule has 0 amide bonds. The molecule has 226 valence electrons. The Morgan fingerprint density at radius 2 is 1.21 bits per heavy atom. The fourth-order valence-electron chi connectivity index (χ4n) is 4.48. The van der Waals surface area contributed by atoms with E-state index in [1.54, 1.807) is 38.1 Å². The van der Waals surface area contributed by atoms with Crippen LogP contribution in [0.4, 0.5) is 8.78 Å². The van der Waals surface area contributed by atoms with Gasteiger partial charge in [0.05, 0.1) is 24.2 Å². The SMILES string of the molecule is CCCCCCCCCC(=O)Oc1ccc(-c2ccc(C(=O)Oc3ccc([C@H](COC(C)C)C(F)F)cc3)cc2)cc1. The van der Waals surface area contributed by atoms with E-state index in [9.17, 15) is 18.4 Å². The average molecular weight is 581 g/mol. The maximum atomic E-state index is 13.5. The minimum absolute atomic E-state index is 0.0893. The lowest BCUT2D eigenvalue weighted by Crippen LogP contribution is -2.18. The summed E-state index contributed by atoms with van der Waals surface area (Å²) in [4.78, 5) is 24.8. The fourth-order valence-corrected chi connectivity index (χ4v) is 4.48. The minimum atomic E-state index is -2.57. The molecule has 0 radical (unpaired) electrons. The third kappa shape index (κ3) is 11.0. The van der Waals surface area contributed by atoms with Crippen molar-refractivity contribution in [3.63, 3.8) is 0 Å². The van der Waals surface area contributed by atoms with Crippen molar-refractivity contribution in [2.75, 3.05) is 6.61 Å². The molecule has 0 N–H and O–H groups in total. The first-order valence-corrected chi connectivity index (χ1v) is 14.9. The molecule has 0 bridgehead atoms. The largest absolute Gasteiger partial charge is 0.427 e. The van der Waals surface area contributed by atoms with Gasteiger partial charge in [-0.3, -0.25) is 4.79 Å². The average Bonchev–Trinajstić information content (AvgIpc) is 2.98. The number of benzene rings is 3. The van der Waals surface area contributed by atoms with E-state index >= 15 is 0 Å². The highest BCUT2D eigenvalue weighted by Gasteiger charge is 2.23. The van der Waals surface area contributed by atoms with E-state index in [-0.39, 0.29) is 24.4 Å². The van der Waals surface area contributed by atoms with E-state index in [0.29, 0.717) is 23.3 Å². The number of hydrogen-bond donors (Lipinski definition) is 0. The van der Waals surface area contributed by atoms with Gasteiger partial charge < -0.3 is 14.2 Å². The molecule has 0 saturated heterocycles. The summed E-state index contributed by atoms with van der Waals surface area (Å²) in [6.07, 6.45) is 5.74. The molecule has 7 heteroatoms. The van der Waals surface area contributed by atoms with Gasteiger partial charge in [-0.1, -0.05) is 81.8 Å². The van der Waals surface area contributed by atoms with Crippen LogP contribution >= 0.6 is 0 Å². The molecule has 0 aromatic heterocycles. The monoisotopic (exact) mass is 580 g/mol. The summed E-state index contributed by atoms with van der Waals surface area (Å²) >= 11 is 0. The first-order chi connectivity index (χ1) is 20.3. The molecular formula is C35H42F2O5. The Hall–Kier alpha value is -3.58. The van der Waals surface area contributed by atoms with E-state index < -0.39 is 18.3 Å². The fraction of sp³-hybridized carbons (Fsp3) is 0.429. The molecule has 0 fully saturated rings. The van der Waals surface area contributed by atoms with E-state index in [0.717, 1.165) is 30.4 Å². The minimum Gasteiger partial charge on any atom is -0.427 e. The smallest absolute Gasteiger partial charge is 0.343 e. The highest BCUT2D eigenvalue weighted by molar-refractivity contribution is 5.91. The van der Waals surface area contributed by atoms with Gasteiger partial charge in [0.2, 0.25) is 6.43 Å². The van der Waals surface area contributed by atoms with E-state index in [1.807, 2.05) is 24.3 Å². The highest BCUT2D eigenvalue weighted by Crippen LogP contribution is 2.27. The number of carbonyl (C=O) groups is 2. The van der Waals surface area contributed by atoms with Gasteiger partial charge in [-0.25, -0.2) is 13.6 Å². The molecule has 0 saturated carbocycles. The standard InChI is InChI=1S/C35H42F2O5/c1-4-5-6-7-8-9-10-11-33(38)41-30-20-16-27(17-21-30)26-12-14-29(15-13-26)35(39)42-31-22-18-28(19-23-31)32(34(36)37)24-40-25(2)3/h12-23,25,32,34H,4-11,24H2,1-3H3/t32-/m0/s1. The zero-order valence-corrected chi connectivity index (χ0v) is 24.8. The topological polar surface area (TPSA) is 61.8 Å². The molecule has 42 heavy (non-hydrogen) atoms. The number of ether oxygens (including phenoxy) is 3. The van der Waals surface area contributed by atoms with Crippen LogP contribution in [0.15, 0.2) is 72.8 Å². The number of hydrogen-bond acceptors (Lipinski definition) is 5. The van der Waals surface area contributed by atoms with Crippen molar-refractivity contribution < 1.29 is 32.6 Å². The maximum absolute atomic E-state index is 13.5. The summed E-state index contributed by atoms with van der Waals surface area (Å²) in [6, 6.07) is 20.3. The van der Waals surface area contributed by atoms with Crippen LogP contribution in [0.1, 0.15) is 94.0 Å². The number of rotatable bonds is 17. The van der Waals surface area contributed by atoms with Gasteiger partial charge in [-0.2, -0.15) is 0 Å². The Bertz CT molecular complexity index is 1220. The predicted molar refractivity (Wildman–Crippen MR) is 161 cm³/mol. The summed E-state index contributed by atoms with van der Waals surface area (Å²) < 4.78 is 43.3. The van der Waals surface area contributed by atoms with E-state index in [2.05, 4.69) is 6.92 Å². The van der Waals surface area contributed by atoms with Crippen molar-refractivity contribution in [3.05, 3.63) is 83.9 Å². The van der Waals surface area contributed by atoms with Crippen LogP contribution in [-0.4, -0.2) is 31.1 Å². The van der Waals surface area contributed by atoms with Gasteiger partial charge in [0, 0.05) is 6.42 Å². The number of carbonyl (C=O) groups excluding carboxylic acids is 2. The molecule has 3 aromatic carbocycles. The molecule has 0 unspecified atom stereocenters. The van der Waals surface area contributed by atoms with Gasteiger partial charge in [0.15, 0.2) is 0 Å². The van der Waals surface area contributed by atoms with Crippen LogP contribution in [0.5, 0.6) is 11.5 Å². The second-order valence-corrected chi connectivity index (χ2v) is 10.7. The van der Waals surface area contributed by atoms with Gasteiger partial charge in [0.25, 0.3) is 0 Å². The maximum Gasteiger partial charge on any atom is 0.343 e. The molecule has 0 spiro atoms. The molecule has 3 rings (SSSR count). The summed E-state index contributed by atoms with van der Waals surface area (Å²) in [5.41, 5.74) is 2.57. The lowest BCUT2D eigenvalue weighted by atomic mass is 10.0. The summed E-state index contributed by atoms with van der Waals surface area (Å²) in [5.74, 6) is -1.05. The zero-order valence-electron chi connectivity index (χ0n) is 24.8. The number of halogens is 2. The number of unbranched alkanes of at least 4 members (excludes halogenated alkanes) is 6. The quantitative estimate of drug-likeness (QED) is 0.0904. The van der Waals surface area contributed by atoms with Crippen molar-refractivity contribution in [1.29, 1.82) is 0 Å². The third-order valence-electron chi connectivity index (χ3n) is 6.96. The van der Waals surface area contributed by atoms with Gasteiger partial charge in [-0.15, -0.1) is 0 Å². The summed E-state index contributed by atoms with van der Waals surface area (Å²) in [6.45, 7) is 5.70. The normalized spacial score (nSPS) is 12.0. The molecule has 0 aliphatic rings. The summed E-state index contributed by atoms with van der Waals surface area (Å²) in [5, 5.41) is 0. The van der Waals surface area contributed by atoms with E-state index in [1.165, 1.54) is 49.9 Å². The predicted octanol–water partition coefficient (Wildman–Crippen LogP) is 9.39. The molecule has 1 atom stereocenters. The Kier molecular flexibility index (Phi) is 13.6. The Morgan fingerprint density at radius 1 is 0.690 bits per heavy atom. The van der Waals surface area contributed by atoms with Gasteiger partial charge >= 0.3 is 11.9 Å². The summed E-state index contributed by atoms with van der Waals surface area (Å²) in [7, 11) is 0. The van der Waals surface area contributed by atoms with Crippen molar-refractivity contribution in [3.8, 4) is 22.6 Å². The first-order valence-electron chi connectivity index (χ1n) is 14.9. The molecule has 0 heterocycles. The third-order valence-corrected chi connectivity index (χ3v) is 6.96. The molecular weight excluding hydrogens is 538 g/mol. The molecule has 3 aromatic rings. The number of alkyl halides is 2. The Labute approximate surface area is 248 Å². The Morgan fingerprint density at radius 3 is 1.79 bits per heavy atom.